The van der Waals surface area contributed by atoms with Crippen molar-refractivity contribution in [3.63, 3.8) is 0 Å². The van der Waals surface area contributed by atoms with Gasteiger partial charge in [-0.25, -0.2) is 5.48 Å². The Bertz CT molecular complexity index is 470. The highest BCUT2D eigenvalue weighted by atomic mass is 16.5. The molecule has 1 saturated heterocycles. The zero-order valence-electron chi connectivity index (χ0n) is 11.9. The van der Waals surface area contributed by atoms with Crippen LogP contribution in [0.1, 0.15) is 24.8 Å². The summed E-state index contributed by atoms with van der Waals surface area (Å²) < 4.78 is 0. The molecule has 0 aliphatic carbocycles. The Balaban J connectivity index is 1.71. The number of nitrogens with zero attached hydrogens (tertiary/aromatic N) is 1. The predicted molar refractivity (Wildman–Crippen MR) is 77.4 cm³/mol. The lowest BCUT2D eigenvalue weighted by Crippen LogP contribution is -2.45. The van der Waals surface area contributed by atoms with Gasteiger partial charge < -0.3 is 5.32 Å². The van der Waals surface area contributed by atoms with E-state index in [1.54, 1.807) is 0 Å². The summed E-state index contributed by atoms with van der Waals surface area (Å²) in [5, 5.41) is 11.2. The fourth-order valence-corrected chi connectivity index (χ4v) is 2.54. The van der Waals surface area contributed by atoms with Gasteiger partial charge in [-0.2, -0.15) is 0 Å². The third-order valence-corrected chi connectivity index (χ3v) is 3.65. The third-order valence-electron chi connectivity index (χ3n) is 3.65. The molecule has 1 fully saturated rings. The van der Waals surface area contributed by atoms with E-state index in [2.05, 4.69) is 22.3 Å². The highest BCUT2D eigenvalue weighted by molar-refractivity contribution is 5.96. The van der Waals surface area contributed by atoms with Gasteiger partial charge in [0.25, 0.3) is 5.91 Å². The van der Waals surface area contributed by atoms with E-state index < -0.39 is 5.91 Å². The fourth-order valence-electron chi connectivity index (χ4n) is 2.54. The highest BCUT2D eigenvalue weighted by Crippen LogP contribution is 2.13. The summed E-state index contributed by atoms with van der Waals surface area (Å²) in [7, 11) is 0. The van der Waals surface area contributed by atoms with Gasteiger partial charge in [-0.15, -0.1) is 0 Å². The molecule has 0 bridgehead atoms. The number of carbonyl (C=O) groups is 2. The lowest BCUT2D eigenvalue weighted by Gasteiger charge is -2.32. The second-order valence-corrected chi connectivity index (χ2v) is 5.32. The van der Waals surface area contributed by atoms with Crippen molar-refractivity contribution in [2.24, 2.45) is 0 Å². The first-order valence-electron chi connectivity index (χ1n) is 7.16. The Hall–Kier alpha value is -1.92. The quantitative estimate of drug-likeness (QED) is 0.423. The van der Waals surface area contributed by atoms with Crippen LogP contribution >= 0.6 is 0 Å². The summed E-state index contributed by atoms with van der Waals surface area (Å²) >= 11 is 0. The zero-order valence-corrected chi connectivity index (χ0v) is 11.9. The van der Waals surface area contributed by atoms with Gasteiger partial charge in [-0.1, -0.05) is 30.3 Å². The minimum absolute atomic E-state index is 0.107. The van der Waals surface area contributed by atoms with Crippen LogP contribution in [0.15, 0.2) is 30.3 Å². The second-order valence-electron chi connectivity index (χ2n) is 5.32. The van der Waals surface area contributed by atoms with Crippen molar-refractivity contribution in [2.75, 3.05) is 13.1 Å². The maximum Gasteiger partial charge on any atom is 0.252 e. The number of piperidine rings is 1. The summed E-state index contributed by atoms with van der Waals surface area (Å²) in [5.74, 6) is -1.03. The van der Waals surface area contributed by atoms with Gasteiger partial charge >= 0.3 is 0 Å². The minimum Gasteiger partial charge on any atom is -0.353 e. The van der Waals surface area contributed by atoms with E-state index in [4.69, 9.17) is 5.21 Å². The molecule has 1 aliphatic rings. The molecular formula is C15H21N3O3. The topological polar surface area (TPSA) is 81.7 Å². The van der Waals surface area contributed by atoms with Crippen LogP contribution in [-0.2, 0) is 16.1 Å². The molecule has 0 spiro atoms. The zero-order chi connectivity index (χ0) is 15.1. The Labute approximate surface area is 124 Å². The molecule has 1 aromatic rings. The van der Waals surface area contributed by atoms with Crippen LogP contribution in [0, 0.1) is 0 Å². The predicted octanol–water partition coefficient (Wildman–Crippen LogP) is 0.663. The molecule has 21 heavy (non-hydrogen) atoms. The van der Waals surface area contributed by atoms with Crippen molar-refractivity contribution < 1.29 is 14.8 Å². The van der Waals surface area contributed by atoms with Crippen molar-refractivity contribution >= 4 is 11.8 Å². The van der Waals surface area contributed by atoms with Crippen LogP contribution in [0.2, 0.25) is 0 Å². The summed E-state index contributed by atoms with van der Waals surface area (Å²) in [5.41, 5.74) is 2.75. The van der Waals surface area contributed by atoms with Crippen LogP contribution in [0.5, 0.6) is 0 Å². The average Bonchev–Trinajstić information content (AvgIpc) is 2.50. The monoisotopic (exact) mass is 291 g/mol. The molecule has 6 nitrogen and oxygen atoms in total. The van der Waals surface area contributed by atoms with Gasteiger partial charge in [0.05, 0.1) is 0 Å². The number of benzene rings is 1. The number of hydrogen-bond donors (Lipinski definition) is 3. The van der Waals surface area contributed by atoms with Crippen molar-refractivity contribution in [3.05, 3.63) is 35.9 Å². The number of likely N-dealkylation sites (tertiary alicyclic amines) is 1. The van der Waals surface area contributed by atoms with Crippen LogP contribution < -0.4 is 10.8 Å². The maximum atomic E-state index is 11.6. The number of amides is 2. The lowest BCUT2D eigenvalue weighted by molar-refractivity contribution is -0.134. The Morgan fingerprint density at radius 3 is 2.43 bits per heavy atom. The SMILES string of the molecule is O=C(CC(=O)NC1CCN(Cc2ccccc2)CC1)NO. The van der Waals surface area contributed by atoms with Gasteiger partial charge in [-0.05, 0) is 18.4 Å². The third kappa shape index (κ3) is 5.17. The molecule has 0 unspecified atom stereocenters. The van der Waals surface area contributed by atoms with Crippen LogP contribution in [-0.4, -0.2) is 41.1 Å². The second kappa shape index (κ2) is 7.75. The number of hydrogen-bond acceptors (Lipinski definition) is 4. The number of hydroxylamine groups is 1. The molecule has 6 heteroatoms. The largest absolute Gasteiger partial charge is 0.353 e. The summed E-state index contributed by atoms with van der Waals surface area (Å²) in [6, 6.07) is 10.4. The number of rotatable bonds is 5. The summed E-state index contributed by atoms with van der Waals surface area (Å²) in [6.07, 6.45) is 1.42. The van der Waals surface area contributed by atoms with Gasteiger partial charge in [0.15, 0.2) is 0 Å². The maximum absolute atomic E-state index is 11.6. The molecule has 0 saturated carbocycles. The Morgan fingerprint density at radius 1 is 1.14 bits per heavy atom. The molecule has 1 aromatic carbocycles. The molecular weight excluding hydrogens is 270 g/mol. The molecule has 3 N–H and O–H groups in total. The first kappa shape index (κ1) is 15.5. The standard InChI is InChI=1S/C15H21N3O3/c19-14(10-15(20)17-21)16-13-6-8-18(9-7-13)11-12-4-2-1-3-5-12/h1-5,13,21H,6-11H2,(H,16,19)(H,17,20). The minimum atomic E-state index is -0.686. The first-order valence-corrected chi connectivity index (χ1v) is 7.16. The van der Waals surface area contributed by atoms with E-state index in [0.717, 1.165) is 32.5 Å². The molecule has 0 radical (unpaired) electrons. The molecule has 0 aromatic heterocycles. The van der Waals surface area contributed by atoms with E-state index in [0.29, 0.717) is 0 Å². The number of carbonyl (C=O) groups excluding carboxylic acids is 2. The van der Waals surface area contributed by atoms with Gasteiger partial charge in [-0.3, -0.25) is 19.7 Å². The van der Waals surface area contributed by atoms with E-state index in [-0.39, 0.29) is 18.4 Å². The van der Waals surface area contributed by atoms with E-state index in [9.17, 15) is 9.59 Å². The summed E-state index contributed by atoms with van der Waals surface area (Å²) in [4.78, 5) is 24.8. The molecule has 1 heterocycles. The normalized spacial score (nSPS) is 16.4. The first-order chi connectivity index (χ1) is 10.2. The number of nitrogens with one attached hydrogen (secondary N) is 2. The molecule has 2 amide bonds. The van der Waals surface area contributed by atoms with E-state index in [1.807, 2.05) is 18.2 Å². The van der Waals surface area contributed by atoms with Gasteiger partial charge in [0, 0.05) is 25.7 Å². The Kier molecular flexibility index (Phi) is 5.71. The smallest absolute Gasteiger partial charge is 0.252 e. The Morgan fingerprint density at radius 2 is 1.81 bits per heavy atom. The highest BCUT2D eigenvalue weighted by Gasteiger charge is 2.21. The van der Waals surface area contributed by atoms with Crippen LogP contribution in [0.4, 0.5) is 0 Å². The summed E-state index contributed by atoms with van der Waals surface area (Å²) in [6.45, 7) is 2.77. The fraction of sp³-hybridized carbons (Fsp3) is 0.467. The van der Waals surface area contributed by atoms with Crippen molar-refractivity contribution in [2.45, 2.75) is 31.8 Å². The molecule has 1 aliphatic heterocycles. The van der Waals surface area contributed by atoms with Crippen LogP contribution in [0.3, 0.4) is 0 Å². The molecule has 2 rings (SSSR count). The molecule has 114 valence electrons. The van der Waals surface area contributed by atoms with Gasteiger partial charge in [0.2, 0.25) is 5.91 Å². The van der Waals surface area contributed by atoms with Crippen molar-refractivity contribution in [1.29, 1.82) is 0 Å². The van der Waals surface area contributed by atoms with E-state index in [1.165, 1.54) is 11.0 Å². The lowest BCUT2D eigenvalue weighted by atomic mass is 10.0. The average molecular weight is 291 g/mol. The van der Waals surface area contributed by atoms with Gasteiger partial charge in [0.1, 0.15) is 6.42 Å². The van der Waals surface area contributed by atoms with Crippen molar-refractivity contribution in [3.8, 4) is 0 Å². The molecule has 0 atom stereocenters. The van der Waals surface area contributed by atoms with E-state index >= 15 is 0 Å². The van der Waals surface area contributed by atoms with Crippen molar-refractivity contribution in [1.82, 2.24) is 15.7 Å². The van der Waals surface area contributed by atoms with Crippen LogP contribution in [0.25, 0.3) is 0 Å².